The molecule has 1 aromatic carbocycles. The van der Waals surface area contributed by atoms with Gasteiger partial charge in [0.2, 0.25) is 0 Å². The molecule has 0 saturated carbocycles. The van der Waals surface area contributed by atoms with Gasteiger partial charge < -0.3 is 10.1 Å². The van der Waals surface area contributed by atoms with E-state index in [0.29, 0.717) is 5.75 Å². The van der Waals surface area contributed by atoms with Gasteiger partial charge in [0.15, 0.2) is 11.6 Å². The zero-order chi connectivity index (χ0) is 15.9. The Morgan fingerprint density at radius 2 is 2.00 bits per heavy atom. The maximum absolute atomic E-state index is 13.4. The van der Waals surface area contributed by atoms with E-state index in [1.807, 2.05) is 6.07 Å². The molecule has 0 spiro atoms. The van der Waals surface area contributed by atoms with Crippen molar-refractivity contribution in [2.45, 2.75) is 59.4 Å². The van der Waals surface area contributed by atoms with Gasteiger partial charge >= 0.3 is 0 Å². The molecule has 0 saturated heterocycles. The minimum Gasteiger partial charge on any atom is -0.494 e. The number of hydrogen-bond acceptors (Lipinski definition) is 2. The molecule has 0 aliphatic rings. The molecule has 2 nitrogen and oxygen atoms in total. The Morgan fingerprint density at radius 1 is 1.29 bits per heavy atom. The topological polar surface area (TPSA) is 21.3 Å². The van der Waals surface area contributed by atoms with Crippen molar-refractivity contribution in [3.63, 3.8) is 0 Å². The number of hydrogen-bond donors (Lipinski definition) is 1. The van der Waals surface area contributed by atoms with E-state index in [1.165, 1.54) is 38.9 Å². The summed E-state index contributed by atoms with van der Waals surface area (Å²) in [4.78, 5) is 0. The summed E-state index contributed by atoms with van der Waals surface area (Å²) in [6.07, 6.45) is 5.07. The van der Waals surface area contributed by atoms with Crippen molar-refractivity contribution in [1.82, 2.24) is 5.32 Å². The Morgan fingerprint density at radius 3 is 2.62 bits per heavy atom. The Hall–Kier alpha value is -1.09. The molecule has 1 atom stereocenters. The molecule has 1 N–H and O–H groups in total. The van der Waals surface area contributed by atoms with Crippen molar-refractivity contribution < 1.29 is 9.13 Å². The fourth-order valence-corrected chi connectivity index (χ4v) is 2.43. The molecule has 1 unspecified atom stereocenters. The Kier molecular flexibility index (Phi) is 7.16. The average Bonchev–Trinajstić information content (AvgIpc) is 2.45. The molecule has 0 fully saturated rings. The smallest absolute Gasteiger partial charge is 0.165 e. The van der Waals surface area contributed by atoms with E-state index in [1.54, 1.807) is 6.07 Å². The molecule has 0 amide bonds. The maximum Gasteiger partial charge on any atom is 0.165 e. The van der Waals surface area contributed by atoms with Crippen molar-refractivity contribution in [2.24, 2.45) is 5.41 Å². The molecule has 0 radical (unpaired) electrons. The molecule has 0 aromatic heterocycles. The average molecular weight is 295 g/mol. The first-order valence-electron chi connectivity index (χ1n) is 7.96. The quantitative estimate of drug-likeness (QED) is 0.641. The van der Waals surface area contributed by atoms with E-state index in [-0.39, 0.29) is 17.3 Å². The van der Waals surface area contributed by atoms with Crippen LogP contribution >= 0.6 is 0 Å². The number of unbranched alkanes of at least 4 members (excludes halogenated alkanes) is 2. The lowest BCUT2D eigenvalue weighted by atomic mass is 9.86. The number of nitrogens with one attached hydrogen (secondary N) is 1. The first-order chi connectivity index (χ1) is 9.89. The second-order valence-electron chi connectivity index (χ2n) is 6.62. The van der Waals surface area contributed by atoms with Crippen LogP contribution in [0, 0.1) is 11.2 Å². The summed E-state index contributed by atoms with van der Waals surface area (Å²) in [5.74, 6) is -0.00305. The Bertz CT molecular complexity index is 431. The number of benzene rings is 1. The maximum atomic E-state index is 13.4. The molecular weight excluding hydrogens is 265 g/mol. The summed E-state index contributed by atoms with van der Waals surface area (Å²) >= 11 is 0. The van der Waals surface area contributed by atoms with Gasteiger partial charge in [0.25, 0.3) is 0 Å². The minimum atomic E-state index is -0.312. The molecule has 0 aliphatic carbocycles. The van der Waals surface area contributed by atoms with Crippen molar-refractivity contribution >= 4 is 0 Å². The number of methoxy groups -OCH3 is 1. The predicted octanol–water partition coefficient (Wildman–Crippen LogP) is 5.09. The third-order valence-electron chi connectivity index (χ3n) is 4.02. The monoisotopic (exact) mass is 295 g/mol. The lowest BCUT2D eigenvalue weighted by Gasteiger charge is -2.27. The summed E-state index contributed by atoms with van der Waals surface area (Å²) in [6, 6.07) is 5.25. The van der Waals surface area contributed by atoms with Crippen LogP contribution in [0.3, 0.4) is 0 Å². The number of ether oxygens (including phenoxy) is 1. The van der Waals surface area contributed by atoms with Gasteiger partial charge in [-0.25, -0.2) is 4.39 Å². The van der Waals surface area contributed by atoms with Crippen LogP contribution in [0.4, 0.5) is 4.39 Å². The van der Waals surface area contributed by atoms with Crippen LogP contribution < -0.4 is 10.1 Å². The molecule has 3 heteroatoms. The fourth-order valence-electron chi connectivity index (χ4n) is 2.43. The van der Waals surface area contributed by atoms with Crippen LogP contribution in [-0.2, 0) is 0 Å². The Labute approximate surface area is 129 Å². The third kappa shape index (κ3) is 6.04. The second kappa shape index (κ2) is 8.38. The van der Waals surface area contributed by atoms with Crippen LogP contribution in [0.15, 0.2) is 18.2 Å². The highest BCUT2D eigenvalue weighted by Gasteiger charge is 2.19. The molecule has 21 heavy (non-hydrogen) atoms. The van der Waals surface area contributed by atoms with Crippen LogP contribution in [0.5, 0.6) is 5.75 Å². The molecule has 120 valence electrons. The molecule has 0 aliphatic heterocycles. The summed E-state index contributed by atoms with van der Waals surface area (Å²) in [5.41, 5.74) is 1.34. The van der Waals surface area contributed by atoms with Gasteiger partial charge in [-0.2, -0.15) is 0 Å². The fraction of sp³-hybridized carbons (Fsp3) is 0.667. The van der Waals surface area contributed by atoms with Gasteiger partial charge in [-0.1, -0.05) is 46.1 Å². The van der Waals surface area contributed by atoms with Crippen LogP contribution in [0.1, 0.15) is 65.0 Å². The first-order valence-corrected chi connectivity index (χ1v) is 7.96. The van der Waals surface area contributed by atoms with Crippen LogP contribution in [0.2, 0.25) is 0 Å². The standard InChI is InChI=1S/C18H30FNO/c1-6-7-8-11-18(3,4)13-20-14(2)15-9-10-16(19)17(12-15)21-5/h9-10,12,14,20H,6-8,11,13H2,1-5H3. The molecular formula is C18H30FNO. The minimum absolute atomic E-state index is 0.185. The highest BCUT2D eigenvalue weighted by Crippen LogP contribution is 2.26. The largest absolute Gasteiger partial charge is 0.494 e. The van der Waals surface area contributed by atoms with Gasteiger partial charge in [-0.3, -0.25) is 0 Å². The first kappa shape index (κ1) is 18.0. The molecule has 0 heterocycles. The molecule has 1 aromatic rings. The van der Waals surface area contributed by atoms with E-state index in [4.69, 9.17) is 4.74 Å². The summed E-state index contributed by atoms with van der Waals surface area (Å²) in [5, 5.41) is 3.56. The van der Waals surface area contributed by atoms with E-state index >= 15 is 0 Å². The van der Waals surface area contributed by atoms with Crippen LogP contribution in [0.25, 0.3) is 0 Å². The van der Waals surface area contributed by atoms with E-state index in [0.717, 1.165) is 12.1 Å². The van der Waals surface area contributed by atoms with E-state index < -0.39 is 0 Å². The highest BCUT2D eigenvalue weighted by atomic mass is 19.1. The van der Waals surface area contributed by atoms with Gasteiger partial charge in [0, 0.05) is 12.6 Å². The van der Waals surface area contributed by atoms with Crippen molar-refractivity contribution in [1.29, 1.82) is 0 Å². The van der Waals surface area contributed by atoms with Crippen LogP contribution in [-0.4, -0.2) is 13.7 Å². The zero-order valence-corrected chi connectivity index (χ0v) is 14.1. The number of halogens is 1. The van der Waals surface area contributed by atoms with E-state index in [2.05, 4.69) is 33.0 Å². The molecule has 0 bridgehead atoms. The van der Waals surface area contributed by atoms with Gasteiger partial charge in [-0.15, -0.1) is 0 Å². The summed E-state index contributed by atoms with van der Waals surface area (Å²) < 4.78 is 18.5. The van der Waals surface area contributed by atoms with Crippen molar-refractivity contribution in [3.05, 3.63) is 29.6 Å². The Balaban J connectivity index is 2.54. The van der Waals surface area contributed by atoms with Gasteiger partial charge in [0.05, 0.1) is 7.11 Å². The van der Waals surface area contributed by atoms with Crippen molar-refractivity contribution in [3.8, 4) is 5.75 Å². The normalized spacial score (nSPS) is 13.2. The van der Waals surface area contributed by atoms with E-state index in [9.17, 15) is 4.39 Å². The van der Waals surface area contributed by atoms with Crippen molar-refractivity contribution in [2.75, 3.05) is 13.7 Å². The number of rotatable bonds is 9. The summed E-state index contributed by atoms with van der Waals surface area (Å²) in [7, 11) is 1.50. The zero-order valence-electron chi connectivity index (χ0n) is 14.1. The predicted molar refractivity (Wildman–Crippen MR) is 87.3 cm³/mol. The molecule has 1 rings (SSSR count). The van der Waals surface area contributed by atoms with Gasteiger partial charge in [-0.05, 0) is 36.5 Å². The summed E-state index contributed by atoms with van der Waals surface area (Å²) in [6.45, 7) is 9.89. The SMILES string of the molecule is CCCCCC(C)(C)CNC(C)c1ccc(F)c(OC)c1. The second-order valence-corrected chi connectivity index (χ2v) is 6.62. The lowest BCUT2D eigenvalue weighted by Crippen LogP contribution is -2.31. The third-order valence-corrected chi connectivity index (χ3v) is 4.02. The highest BCUT2D eigenvalue weighted by molar-refractivity contribution is 5.31. The lowest BCUT2D eigenvalue weighted by molar-refractivity contribution is 0.290. The van der Waals surface area contributed by atoms with Gasteiger partial charge in [0.1, 0.15) is 0 Å².